The summed E-state index contributed by atoms with van der Waals surface area (Å²) in [4.78, 5) is 0. The summed E-state index contributed by atoms with van der Waals surface area (Å²) in [5.74, 6) is -0.623. The van der Waals surface area contributed by atoms with E-state index in [1.165, 1.54) is 6.92 Å². The summed E-state index contributed by atoms with van der Waals surface area (Å²) in [6.07, 6.45) is 0. The Morgan fingerprint density at radius 2 is 1.71 bits per heavy atom. The average Bonchev–Trinajstić information content (AvgIpc) is 2.03. The van der Waals surface area contributed by atoms with Crippen molar-refractivity contribution in [1.29, 1.82) is 0 Å². The van der Waals surface area contributed by atoms with E-state index in [9.17, 15) is 16.8 Å². The average molecular weight is 245 g/mol. The van der Waals surface area contributed by atoms with Crippen LogP contribution in [-0.4, -0.2) is 52.4 Å². The number of nitrogens with one attached hydrogen (secondary N) is 1. The molecule has 0 amide bonds. The first-order valence-corrected chi connectivity index (χ1v) is 7.59. The van der Waals surface area contributed by atoms with Crippen LogP contribution in [0.1, 0.15) is 6.92 Å². The maximum atomic E-state index is 11.0. The van der Waals surface area contributed by atoms with Gasteiger partial charge >= 0.3 is 0 Å². The number of hydrogen-bond acceptors (Lipinski definition) is 5. The number of hydrogen-bond donors (Lipinski definition) is 2. The van der Waals surface area contributed by atoms with Gasteiger partial charge in [-0.15, -0.1) is 0 Å². The molecule has 0 heterocycles. The van der Waals surface area contributed by atoms with Crippen molar-refractivity contribution in [2.75, 3.05) is 30.4 Å². The lowest BCUT2D eigenvalue weighted by atomic mass is 10.8. The third kappa shape index (κ3) is 6.30. The molecule has 0 unspecified atom stereocenters. The van der Waals surface area contributed by atoms with Crippen molar-refractivity contribution in [2.45, 2.75) is 6.92 Å². The molecule has 0 saturated heterocycles. The summed E-state index contributed by atoms with van der Waals surface area (Å²) in [7, 11) is -6.67. The van der Waals surface area contributed by atoms with Crippen LogP contribution in [0.15, 0.2) is 0 Å². The summed E-state index contributed by atoms with van der Waals surface area (Å²) in [5.41, 5.74) is 0. The Morgan fingerprint density at radius 1 is 1.14 bits per heavy atom. The molecular weight excluding hydrogens is 230 g/mol. The molecule has 0 fully saturated rings. The fraction of sp³-hybridized carbons (Fsp3) is 1.00. The number of aliphatic hydroxyl groups is 1. The van der Waals surface area contributed by atoms with E-state index < -0.39 is 32.2 Å². The Labute approximate surface area is 84.3 Å². The Morgan fingerprint density at radius 3 is 2.14 bits per heavy atom. The minimum atomic E-state index is -3.53. The van der Waals surface area contributed by atoms with E-state index in [0.29, 0.717) is 0 Å². The molecule has 8 heteroatoms. The van der Waals surface area contributed by atoms with Crippen LogP contribution in [0.25, 0.3) is 0 Å². The van der Waals surface area contributed by atoms with E-state index in [0.717, 1.165) is 0 Å². The van der Waals surface area contributed by atoms with Crippen molar-refractivity contribution in [3.63, 3.8) is 0 Å². The molecule has 0 aromatic carbocycles. The van der Waals surface area contributed by atoms with Gasteiger partial charge in [0.1, 0.15) is 0 Å². The number of sulfone groups is 1. The lowest BCUT2D eigenvalue weighted by Crippen LogP contribution is -2.32. The molecule has 0 radical (unpaired) electrons. The van der Waals surface area contributed by atoms with Gasteiger partial charge < -0.3 is 5.11 Å². The highest BCUT2D eigenvalue weighted by molar-refractivity contribution is 7.91. The normalized spacial score (nSPS) is 13.0. The van der Waals surface area contributed by atoms with Gasteiger partial charge in [0.05, 0.1) is 18.1 Å². The van der Waals surface area contributed by atoms with Crippen LogP contribution >= 0.6 is 0 Å². The van der Waals surface area contributed by atoms with Crippen molar-refractivity contribution >= 4 is 19.9 Å². The van der Waals surface area contributed by atoms with Gasteiger partial charge in [0.2, 0.25) is 10.0 Å². The molecule has 14 heavy (non-hydrogen) atoms. The second kappa shape index (κ2) is 5.64. The zero-order chi connectivity index (χ0) is 11.2. The Kier molecular flexibility index (Phi) is 5.57. The van der Waals surface area contributed by atoms with E-state index in [2.05, 4.69) is 4.72 Å². The molecule has 0 aliphatic heterocycles. The lowest BCUT2D eigenvalue weighted by Gasteiger charge is -2.04. The van der Waals surface area contributed by atoms with E-state index in [1.807, 2.05) is 0 Å². The second-order valence-electron chi connectivity index (χ2n) is 2.67. The molecule has 6 nitrogen and oxygen atoms in total. The maximum absolute atomic E-state index is 11.0. The molecule has 0 aromatic heterocycles. The molecule has 0 bridgehead atoms. The Bertz CT molecular complexity index is 344. The zero-order valence-corrected chi connectivity index (χ0v) is 9.57. The van der Waals surface area contributed by atoms with E-state index in [-0.39, 0.29) is 18.1 Å². The molecule has 0 aromatic rings. The first kappa shape index (κ1) is 13.8. The molecule has 0 atom stereocenters. The minimum Gasteiger partial charge on any atom is -0.395 e. The maximum Gasteiger partial charge on any atom is 0.213 e. The topological polar surface area (TPSA) is 101 Å². The van der Waals surface area contributed by atoms with Crippen LogP contribution in [0.4, 0.5) is 0 Å². The van der Waals surface area contributed by atoms with Crippen molar-refractivity contribution in [1.82, 2.24) is 4.72 Å². The third-order valence-corrected chi connectivity index (χ3v) is 4.60. The highest BCUT2D eigenvalue weighted by atomic mass is 32.2. The van der Waals surface area contributed by atoms with E-state index in [1.54, 1.807) is 0 Å². The predicted molar refractivity (Wildman–Crippen MR) is 53.2 cm³/mol. The van der Waals surface area contributed by atoms with Crippen LogP contribution in [-0.2, 0) is 19.9 Å². The first-order chi connectivity index (χ1) is 6.33. The van der Waals surface area contributed by atoms with Crippen molar-refractivity contribution in [3.05, 3.63) is 0 Å². The van der Waals surface area contributed by atoms with E-state index in [4.69, 9.17) is 5.11 Å². The molecule has 0 aliphatic rings. The summed E-state index contributed by atoms with van der Waals surface area (Å²) in [6.45, 7) is 0.881. The predicted octanol–water partition coefficient (Wildman–Crippen LogP) is -1.67. The van der Waals surface area contributed by atoms with Gasteiger partial charge in [-0.25, -0.2) is 21.6 Å². The molecule has 0 spiro atoms. The second-order valence-corrected chi connectivity index (χ2v) is 7.07. The van der Waals surface area contributed by atoms with Crippen LogP contribution in [0.5, 0.6) is 0 Å². The van der Waals surface area contributed by atoms with Gasteiger partial charge in [0.15, 0.2) is 9.84 Å². The fourth-order valence-electron chi connectivity index (χ4n) is 0.689. The third-order valence-electron chi connectivity index (χ3n) is 1.53. The SMILES string of the molecule is CCS(=O)(=O)CCNS(=O)(=O)CCO. The summed E-state index contributed by atoms with van der Waals surface area (Å²) >= 11 is 0. The first-order valence-electron chi connectivity index (χ1n) is 4.11. The molecule has 2 N–H and O–H groups in total. The lowest BCUT2D eigenvalue weighted by molar-refractivity contribution is 0.319. The van der Waals surface area contributed by atoms with Crippen LogP contribution in [0.2, 0.25) is 0 Å². The molecule has 86 valence electrons. The van der Waals surface area contributed by atoms with Gasteiger partial charge in [0.25, 0.3) is 0 Å². The molecule has 0 saturated carbocycles. The highest BCUT2D eigenvalue weighted by Gasteiger charge is 2.11. The van der Waals surface area contributed by atoms with Gasteiger partial charge in [-0.2, -0.15) is 0 Å². The molecule has 0 rings (SSSR count). The minimum absolute atomic E-state index is 0.00523. The zero-order valence-electron chi connectivity index (χ0n) is 7.93. The van der Waals surface area contributed by atoms with Gasteiger partial charge in [-0.3, -0.25) is 0 Å². The van der Waals surface area contributed by atoms with Crippen LogP contribution in [0, 0.1) is 0 Å². The molecule has 0 aliphatic carbocycles. The monoisotopic (exact) mass is 245 g/mol. The molecular formula is C6H15NO5S2. The largest absolute Gasteiger partial charge is 0.395 e. The number of rotatable bonds is 7. The Balaban J connectivity index is 3.98. The summed E-state index contributed by atoms with van der Waals surface area (Å²) in [6, 6.07) is 0. The van der Waals surface area contributed by atoms with Gasteiger partial charge in [-0.1, -0.05) is 6.92 Å². The summed E-state index contributed by atoms with van der Waals surface area (Å²) in [5, 5.41) is 8.37. The summed E-state index contributed by atoms with van der Waals surface area (Å²) < 4.78 is 45.9. The van der Waals surface area contributed by atoms with Crippen molar-refractivity contribution in [2.24, 2.45) is 0 Å². The van der Waals surface area contributed by atoms with Gasteiger partial charge in [-0.05, 0) is 0 Å². The standard InChI is InChI=1S/C6H15NO5S2/c1-2-13(9,10)5-3-7-14(11,12)6-4-8/h7-8H,2-6H2,1H3. The smallest absolute Gasteiger partial charge is 0.213 e. The number of aliphatic hydroxyl groups excluding tert-OH is 1. The van der Waals surface area contributed by atoms with E-state index >= 15 is 0 Å². The fourth-order valence-corrected chi connectivity index (χ4v) is 2.32. The van der Waals surface area contributed by atoms with Crippen LogP contribution in [0.3, 0.4) is 0 Å². The van der Waals surface area contributed by atoms with Crippen molar-refractivity contribution < 1.29 is 21.9 Å². The highest BCUT2D eigenvalue weighted by Crippen LogP contribution is 1.89. The van der Waals surface area contributed by atoms with Crippen LogP contribution < -0.4 is 4.72 Å². The quantitative estimate of drug-likeness (QED) is 0.558. The Hall–Kier alpha value is -0.180. The number of sulfonamides is 1. The van der Waals surface area contributed by atoms with Gasteiger partial charge in [0, 0.05) is 12.3 Å². The van der Waals surface area contributed by atoms with Crippen molar-refractivity contribution in [3.8, 4) is 0 Å².